The summed E-state index contributed by atoms with van der Waals surface area (Å²) >= 11 is 0. The largest absolute Gasteiger partial charge is 0.497 e. The Morgan fingerprint density at radius 1 is 0.966 bits per heavy atom. The maximum absolute atomic E-state index is 12.3. The van der Waals surface area contributed by atoms with Gasteiger partial charge in [-0.15, -0.1) is 0 Å². The molecule has 0 atom stereocenters. The summed E-state index contributed by atoms with van der Waals surface area (Å²) in [5, 5.41) is 5.22. The zero-order valence-electron chi connectivity index (χ0n) is 16.5. The summed E-state index contributed by atoms with van der Waals surface area (Å²) in [6.07, 6.45) is 0. The first-order chi connectivity index (χ1) is 14.0. The average molecular weight is 399 g/mol. The van der Waals surface area contributed by atoms with Gasteiger partial charge in [0, 0.05) is 18.3 Å². The monoisotopic (exact) mass is 399 g/mol. The number of methoxy groups -OCH3 is 1. The van der Waals surface area contributed by atoms with Crippen molar-refractivity contribution < 1.29 is 23.9 Å². The van der Waals surface area contributed by atoms with Gasteiger partial charge in [0.05, 0.1) is 20.2 Å². The van der Waals surface area contributed by atoms with Crippen molar-refractivity contribution in [2.24, 2.45) is 0 Å². The lowest BCUT2D eigenvalue weighted by Gasteiger charge is -2.20. The van der Waals surface area contributed by atoms with Crippen molar-refractivity contribution in [3.05, 3.63) is 54.6 Å². The molecular formula is C21H25N3O5. The molecule has 0 radical (unpaired) electrons. The fourth-order valence-electron chi connectivity index (χ4n) is 2.45. The van der Waals surface area contributed by atoms with Crippen molar-refractivity contribution in [2.45, 2.75) is 6.92 Å². The van der Waals surface area contributed by atoms with Crippen LogP contribution in [-0.4, -0.2) is 56.0 Å². The number of nitrogens with zero attached hydrogens (tertiary/aromatic N) is 1. The minimum atomic E-state index is -0.418. The van der Waals surface area contributed by atoms with E-state index in [1.165, 1.54) is 12.0 Å². The van der Waals surface area contributed by atoms with E-state index in [1.54, 1.807) is 55.5 Å². The average Bonchev–Trinajstić information content (AvgIpc) is 2.75. The SMILES string of the molecule is CCN(CC(=O)Nc1cccc(OC)c1)C(=O)CNC(=O)COc1ccccc1. The first-order valence-corrected chi connectivity index (χ1v) is 9.18. The lowest BCUT2D eigenvalue weighted by atomic mass is 10.3. The van der Waals surface area contributed by atoms with Gasteiger partial charge >= 0.3 is 0 Å². The van der Waals surface area contributed by atoms with Gasteiger partial charge in [0.1, 0.15) is 11.5 Å². The molecular weight excluding hydrogens is 374 g/mol. The Kier molecular flexibility index (Phi) is 8.50. The van der Waals surface area contributed by atoms with E-state index < -0.39 is 5.91 Å². The van der Waals surface area contributed by atoms with Crippen LogP contribution in [0.3, 0.4) is 0 Å². The quantitative estimate of drug-likeness (QED) is 0.634. The Morgan fingerprint density at radius 2 is 1.69 bits per heavy atom. The Labute approximate surface area is 169 Å². The minimum Gasteiger partial charge on any atom is -0.497 e. The van der Waals surface area contributed by atoms with E-state index in [4.69, 9.17) is 9.47 Å². The number of rotatable bonds is 10. The summed E-state index contributed by atoms with van der Waals surface area (Å²) in [5.74, 6) is 0.0673. The van der Waals surface area contributed by atoms with Gasteiger partial charge in [0.15, 0.2) is 6.61 Å². The highest BCUT2D eigenvalue weighted by molar-refractivity contribution is 5.95. The molecule has 3 amide bonds. The topological polar surface area (TPSA) is 97.0 Å². The molecule has 2 aromatic carbocycles. The molecule has 0 heterocycles. The normalized spacial score (nSPS) is 10.0. The number of likely N-dealkylation sites (N-methyl/N-ethyl adjacent to an activating group) is 1. The van der Waals surface area contributed by atoms with E-state index in [1.807, 2.05) is 6.07 Å². The second-order valence-corrected chi connectivity index (χ2v) is 6.07. The van der Waals surface area contributed by atoms with Crippen LogP contribution >= 0.6 is 0 Å². The number of hydrogen-bond acceptors (Lipinski definition) is 5. The van der Waals surface area contributed by atoms with Gasteiger partial charge in [-0.1, -0.05) is 24.3 Å². The number of ether oxygens (including phenoxy) is 2. The fraction of sp³-hybridized carbons (Fsp3) is 0.286. The summed E-state index contributed by atoms with van der Waals surface area (Å²) < 4.78 is 10.4. The number of benzene rings is 2. The van der Waals surface area contributed by atoms with Gasteiger partial charge in [-0.25, -0.2) is 0 Å². The van der Waals surface area contributed by atoms with E-state index in [0.717, 1.165) is 0 Å². The number of amides is 3. The van der Waals surface area contributed by atoms with Crippen molar-refractivity contribution in [3.8, 4) is 11.5 Å². The first-order valence-electron chi connectivity index (χ1n) is 9.18. The molecule has 0 spiro atoms. The first kappa shape index (κ1) is 21.7. The van der Waals surface area contributed by atoms with E-state index in [-0.39, 0.29) is 31.5 Å². The number of nitrogens with one attached hydrogen (secondary N) is 2. The molecule has 0 aromatic heterocycles. The van der Waals surface area contributed by atoms with Crippen LogP contribution < -0.4 is 20.1 Å². The van der Waals surface area contributed by atoms with E-state index in [2.05, 4.69) is 10.6 Å². The molecule has 2 N–H and O–H groups in total. The zero-order chi connectivity index (χ0) is 21.1. The van der Waals surface area contributed by atoms with E-state index >= 15 is 0 Å². The number of anilines is 1. The molecule has 154 valence electrons. The van der Waals surface area contributed by atoms with Crippen molar-refractivity contribution in [3.63, 3.8) is 0 Å². The Balaban J connectivity index is 1.76. The highest BCUT2D eigenvalue weighted by atomic mass is 16.5. The standard InChI is InChI=1S/C21H25N3O5/c1-3-24(14-19(25)23-16-8-7-11-18(12-16)28-2)21(27)13-22-20(26)15-29-17-9-5-4-6-10-17/h4-12H,3,13-15H2,1-2H3,(H,22,26)(H,23,25). The van der Waals surface area contributed by atoms with E-state index in [0.29, 0.717) is 23.7 Å². The molecule has 0 saturated carbocycles. The highest BCUT2D eigenvalue weighted by Gasteiger charge is 2.16. The number of carbonyl (C=O) groups excluding carboxylic acids is 3. The van der Waals surface area contributed by atoms with Gasteiger partial charge in [0.25, 0.3) is 5.91 Å². The second-order valence-electron chi connectivity index (χ2n) is 6.07. The van der Waals surface area contributed by atoms with Crippen LogP contribution in [0.2, 0.25) is 0 Å². The molecule has 8 nitrogen and oxygen atoms in total. The van der Waals surface area contributed by atoms with Crippen LogP contribution in [0.5, 0.6) is 11.5 Å². The lowest BCUT2D eigenvalue weighted by Crippen LogP contribution is -2.44. The maximum Gasteiger partial charge on any atom is 0.258 e. The van der Waals surface area contributed by atoms with Crippen LogP contribution in [0, 0.1) is 0 Å². The third-order valence-corrected chi connectivity index (χ3v) is 3.97. The predicted octanol–water partition coefficient (Wildman–Crippen LogP) is 1.68. The molecule has 0 aliphatic rings. The van der Waals surface area contributed by atoms with Crippen LogP contribution in [-0.2, 0) is 14.4 Å². The molecule has 2 rings (SSSR count). The van der Waals surface area contributed by atoms with Gasteiger partial charge in [-0.3, -0.25) is 14.4 Å². The number of carbonyl (C=O) groups is 3. The van der Waals surface area contributed by atoms with Crippen molar-refractivity contribution in [1.82, 2.24) is 10.2 Å². The smallest absolute Gasteiger partial charge is 0.258 e. The Bertz CT molecular complexity index is 826. The molecule has 0 fully saturated rings. The summed E-state index contributed by atoms with van der Waals surface area (Å²) in [4.78, 5) is 37.8. The third-order valence-electron chi connectivity index (χ3n) is 3.97. The minimum absolute atomic E-state index is 0.122. The number of hydrogen-bond donors (Lipinski definition) is 2. The third kappa shape index (κ3) is 7.53. The highest BCUT2D eigenvalue weighted by Crippen LogP contribution is 2.16. The zero-order valence-corrected chi connectivity index (χ0v) is 16.5. The van der Waals surface area contributed by atoms with Gasteiger partial charge < -0.3 is 25.0 Å². The summed E-state index contributed by atoms with van der Waals surface area (Å²) in [5.41, 5.74) is 0.573. The van der Waals surface area contributed by atoms with Gasteiger partial charge in [-0.2, -0.15) is 0 Å². The van der Waals surface area contributed by atoms with Gasteiger partial charge in [-0.05, 0) is 31.2 Å². The van der Waals surface area contributed by atoms with Gasteiger partial charge in [0.2, 0.25) is 11.8 Å². The molecule has 0 unspecified atom stereocenters. The Hall–Kier alpha value is -3.55. The molecule has 2 aromatic rings. The summed E-state index contributed by atoms with van der Waals surface area (Å²) in [7, 11) is 1.54. The van der Waals surface area contributed by atoms with E-state index in [9.17, 15) is 14.4 Å². The summed E-state index contributed by atoms with van der Waals surface area (Å²) in [6.45, 7) is 1.57. The maximum atomic E-state index is 12.3. The second kappa shape index (κ2) is 11.3. The number of para-hydroxylation sites is 1. The fourth-order valence-corrected chi connectivity index (χ4v) is 2.45. The molecule has 29 heavy (non-hydrogen) atoms. The summed E-state index contributed by atoms with van der Waals surface area (Å²) in [6, 6.07) is 15.8. The molecule has 0 aliphatic heterocycles. The van der Waals surface area contributed by atoms with Crippen LogP contribution in [0.15, 0.2) is 54.6 Å². The van der Waals surface area contributed by atoms with Crippen LogP contribution in [0.4, 0.5) is 5.69 Å². The predicted molar refractivity (Wildman–Crippen MR) is 109 cm³/mol. The molecule has 0 aliphatic carbocycles. The molecule has 0 bridgehead atoms. The van der Waals surface area contributed by atoms with Crippen molar-refractivity contribution in [2.75, 3.05) is 38.7 Å². The van der Waals surface area contributed by atoms with Crippen LogP contribution in [0.25, 0.3) is 0 Å². The van der Waals surface area contributed by atoms with Crippen molar-refractivity contribution in [1.29, 1.82) is 0 Å². The lowest BCUT2D eigenvalue weighted by molar-refractivity contribution is -0.135. The molecule has 8 heteroatoms. The van der Waals surface area contributed by atoms with Crippen molar-refractivity contribution >= 4 is 23.4 Å². The molecule has 0 saturated heterocycles. The Morgan fingerprint density at radius 3 is 2.38 bits per heavy atom. The van der Waals surface area contributed by atoms with Crippen LogP contribution in [0.1, 0.15) is 6.92 Å².